The van der Waals surface area contributed by atoms with Crippen LogP contribution < -0.4 is 15.5 Å². The summed E-state index contributed by atoms with van der Waals surface area (Å²) in [5.74, 6) is 2.12. The monoisotopic (exact) mass is 519 g/mol. The van der Waals surface area contributed by atoms with Gasteiger partial charge in [0.15, 0.2) is 5.13 Å². The summed E-state index contributed by atoms with van der Waals surface area (Å²) >= 11 is 1.48. The molecule has 9 nitrogen and oxygen atoms in total. The van der Waals surface area contributed by atoms with Crippen molar-refractivity contribution in [2.75, 3.05) is 35.7 Å². The number of aliphatic hydroxyl groups is 2. The highest BCUT2D eigenvalue weighted by Gasteiger charge is 2.20. The van der Waals surface area contributed by atoms with Crippen molar-refractivity contribution in [2.45, 2.75) is 50.7 Å². The summed E-state index contributed by atoms with van der Waals surface area (Å²) in [6.45, 7) is 0.895. The van der Waals surface area contributed by atoms with Gasteiger partial charge in [0.05, 0.1) is 11.8 Å². The van der Waals surface area contributed by atoms with E-state index in [0.717, 1.165) is 54.1 Å². The molecule has 1 saturated carbocycles. The summed E-state index contributed by atoms with van der Waals surface area (Å²) in [6, 6.07) is 16.4. The molecule has 194 valence electrons. The number of rotatable bonds is 10. The first-order chi connectivity index (χ1) is 18.1. The number of hydrogen-bond acceptors (Lipinski definition) is 10. The predicted molar refractivity (Wildman–Crippen MR) is 149 cm³/mol. The number of hydrogen-bond donors (Lipinski definition) is 4. The third-order valence-corrected chi connectivity index (χ3v) is 7.44. The SMILES string of the molecule is CN(CCCO)c1ccc2nc(Nc3cc(Cc4ccccc4)nc(NC4CCC(O)CC4)n3)sc2n1. The van der Waals surface area contributed by atoms with Crippen LogP contribution in [0, 0.1) is 0 Å². The number of benzene rings is 1. The van der Waals surface area contributed by atoms with Crippen LogP contribution in [0.5, 0.6) is 0 Å². The minimum Gasteiger partial charge on any atom is -0.396 e. The highest BCUT2D eigenvalue weighted by Crippen LogP contribution is 2.29. The van der Waals surface area contributed by atoms with E-state index in [9.17, 15) is 5.11 Å². The largest absolute Gasteiger partial charge is 0.396 e. The van der Waals surface area contributed by atoms with Crippen LogP contribution in [-0.4, -0.2) is 62.5 Å². The molecule has 0 aliphatic heterocycles. The van der Waals surface area contributed by atoms with Gasteiger partial charge in [-0.25, -0.2) is 15.0 Å². The lowest BCUT2D eigenvalue weighted by molar-refractivity contribution is 0.126. The number of nitrogens with one attached hydrogen (secondary N) is 2. The lowest BCUT2D eigenvalue weighted by Crippen LogP contribution is -2.29. The Morgan fingerprint density at radius 1 is 1.00 bits per heavy atom. The number of anilines is 4. The van der Waals surface area contributed by atoms with Crippen LogP contribution in [0.15, 0.2) is 48.5 Å². The standard InChI is InChI=1S/C27H33N7O2S/c1-34(14-5-15-35)24-13-12-22-25(33-24)37-27(30-22)32-23-17-20(16-18-6-3-2-4-7-18)29-26(31-23)28-19-8-10-21(36)11-9-19/h2-4,6-7,12-13,17,19,21,35-36H,5,8-11,14-16H2,1H3,(H2,28,29,30,31,32). The molecular weight excluding hydrogens is 486 g/mol. The summed E-state index contributed by atoms with van der Waals surface area (Å²) in [7, 11) is 1.97. The van der Waals surface area contributed by atoms with Gasteiger partial charge in [0.25, 0.3) is 0 Å². The van der Waals surface area contributed by atoms with Crippen molar-refractivity contribution in [3.8, 4) is 0 Å². The van der Waals surface area contributed by atoms with E-state index in [2.05, 4.69) is 22.8 Å². The first kappa shape index (κ1) is 25.3. The molecule has 0 amide bonds. The first-order valence-corrected chi connectivity index (χ1v) is 13.6. The van der Waals surface area contributed by atoms with E-state index in [1.807, 2.05) is 48.3 Å². The van der Waals surface area contributed by atoms with E-state index in [-0.39, 0.29) is 18.8 Å². The summed E-state index contributed by atoms with van der Waals surface area (Å²) in [4.78, 5) is 21.9. The number of nitrogens with zero attached hydrogens (tertiary/aromatic N) is 5. The van der Waals surface area contributed by atoms with Crippen molar-refractivity contribution in [2.24, 2.45) is 0 Å². The molecule has 0 saturated heterocycles. The van der Waals surface area contributed by atoms with E-state index in [1.165, 1.54) is 16.9 Å². The van der Waals surface area contributed by atoms with Crippen molar-refractivity contribution in [3.63, 3.8) is 0 Å². The average molecular weight is 520 g/mol. The molecule has 0 radical (unpaired) electrons. The van der Waals surface area contributed by atoms with E-state index in [0.29, 0.717) is 29.7 Å². The van der Waals surface area contributed by atoms with Crippen molar-refractivity contribution < 1.29 is 10.2 Å². The Labute approximate surface area is 220 Å². The molecular formula is C27H33N7O2S. The molecule has 1 aromatic carbocycles. The summed E-state index contributed by atoms with van der Waals surface area (Å²) in [6.07, 6.45) is 4.57. The van der Waals surface area contributed by atoms with Gasteiger partial charge in [0.2, 0.25) is 5.95 Å². The lowest BCUT2D eigenvalue weighted by Gasteiger charge is -2.26. The zero-order chi connectivity index (χ0) is 25.6. The number of thiazole rings is 1. The molecule has 0 bridgehead atoms. The van der Waals surface area contributed by atoms with Gasteiger partial charge in [-0.15, -0.1) is 0 Å². The van der Waals surface area contributed by atoms with E-state index >= 15 is 0 Å². The average Bonchev–Trinajstić information content (AvgIpc) is 3.30. The Morgan fingerprint density at radius 2 is 1.81 bits per heavy atom. The van der Waals surface area contributed by atoms with Gasteiger partial charge < -0.3 is 25.7 Å². The number of aliphatic hydroxyl groups excluding tert-OH is 2. The van der Waals surface area contributed by atoms with Crippen molar-refractivity contribution in [3.05, 3.63) is 59.8 Å². The van der Waals surface area contributed by atoms with Crippen LogP contribution in [0.2, 0.25) is 0 Å². The summed E-state index contributed by atoms with van der Waals surface area (Å²) < 4.78 is 0. The van der Waals surface area contributed by atoms with Crippen LogP contribution in [0.25, 0.3) is 10.3 Å². The second-order valence-corrected chi connectivity index (χ2v) is 10.5. The maximum Gasteiger partial charge on any atom is 0.225 e. The molecule has 0 atom stereocenters. The molecule has 1 aliphatic carbocycles. The fourth-order valence-corrected chi connectivity index (χ4v) is 5.37. The Balaban J connectivity index is 1.38. The quantitative estimate of drug-likeness (QED) is 0.242. The molecule has 0 unspecified atom stereocenters. The van der Waals surface area contributed by atoms with Gasteiger partial charge in [-0.05, 0) is 49.8 Å². The van der Waals surface area contributed by atoms with Crippen LogP contribution in [-0.2, 0) is 6.42 Å². The molecule has 1 aliphatic rings. The summed E-state index contributed by atoms with van der Waals surface area (Å²) in [5.41, 5.74) is 2.92. The minimum atomic E-state index is -0.205. The van der Waals surface area contributed by atoms with Crippen molar-refractivity contribution in [1.29, 1.82) is 0 Å². The maximum atomic E-state index is 9.86. The fraction of sp³-hybridized carbons (Fsp3) is 0.407. The smallest absolute Gasteiger partial charge is 0.225 e. The fourth-order valence-electron chi connectivity index (χ4n) is 4.53. The first-order valence-electron chi connectivity index (χ1n) is 12.8. The summed E-state index contributed by atoms with van der Waals surface area (Å²) in [5, 5.41) is 26.6. The third-order valence-electron chi connectivity index (χ3n) is 6.56. The number of pyridine rings is 1. The Morgan fingerprint density at radius 3 is 2.59 bits per heavy atom. The maximum absolute atomic E-state index is 9.86. The Kier molecular flexibility index (Phi) is 8.08. The number of fused-ring (bicyclic) bond motifs is 1. The highest BCUT2D eigenvalue weighted by molar-refractivity contribution is 7.21. The molecule has 3 aromatic heterocycles. The minimum absolute atomic E-state index is 0.159. The Bertz CT molecular complexity index is 1310. The molecule has 4 aromatic rings. The van der Waals surface area contributed by atoms with E-state index in [1.54, 1.807) is 0 Å². The lowest BCUT2D eigenvalue weighted by atomic mass is 9.93. The predicted octanol–water partition coefficient (Wildman–Crippen LogP) is 4.35. The molecule has 1 fully saturated rings. The molecule has 37 heavy (non-hydrogen) atoms. The molecule has 0 spiro atoms. The normalized spacial score (nSPS) is 17.6. The van der Waals surface area contributed by atoms with Crippen molar-refractivity contribution in [1.82, 2.24) is 19.9 Å². The second-order valence-electron chi connectivity index (χ2n) is 9.52. The number of aromatic nitrogens is 4. The Hall–Kier alpha value is -3.34. The van der Waals surface area contributed by atoms with E-state index in [4.69, 9.17) is 25.0 Å². The van der Waals surface area contributed by atoms with Gasteiger partial charge in [0, 0.05) is 38.7 Å². The van der Waals surface area contributed by atoms with Gasteiger partial charge in [0.1, 0.15) is 22.0 Å². The zero-order valence-electron chi connectivity index (χ0n) is 21.0. The van der Waals surface area contributed by atoms with Crippen LogP contribution in [0.1, 0.15) is 43.4 Å². The molecule has 10 heteroatoms. The highest BCUT2D eigenvalue weighted by atomic mass is 32.1. The van der Waals surface area contributed by atoms with E-state index < -0.39 is 0 Å². The zero-order valence-corrected chi connectivity index (χ0v) is 21.8. The molecule has 4 N–H and O–H groups in total. The van der Waals surface area contributed by atoms with Gasteiger partial charge in [-0.1, -0.05) is 41.7 Å². The van der Waals surface area contributed by atoms with Gasteiger partial charge in [-0.3, -0.25) is 0 Å². The third kappa shape index (κ3) is 6.71. The van der Waals surface area contributed by atoms with Crippen LogP contribution >= 0.6 is 11.3 Å². The van der Waals surface area contributed by atoms with Crippen LogP contribution in [0.4, 0.5) is 22.7 Å². The molecule has 3 heterocycles. The van der Waals surface area contributed by atoms with Crippen LogP contribution in [0.3, 0.4) is 0 Å². The van der Waals surface area contributed by atoms with Gasteiger partial charge in [-0.2, -0.15) is 4.98 Å². The second kappa shape index (κ2) is 11.8. The van der Waals surface area contributed by atoms with Crippen molar-refractivity contribution >= 4 is 44.4 Å². The van der Waals surface area contributed by atoms with Gasteiger partial charge >= 0.3 is 0 Å². The molecule has 5 rings (SSSR count). The topological polar surface area (TPSA) is 119 Å².